The van der Waals surface area contributed by atoms with Gasteiger partial charge in [0.05, 0.1) is 5.76 Å². The topological polar surface area (TPSA) is 20.2 Å². The van der Waals surface area contributed by atoms with E-state index in [1.165, 1.54) is 25.7 Å². The quantitative estimate of drug-likeness (QED) is 0.298. The molecule has 0 saturated heterocycles. The molecule has 1 rings (SSSR count). The minimum absolute atomic E-state index is 0.157. The Balaban J connectivity index is 2.78. The van der Waals surface area contributed by atoms with Crippen molar-refractivity contribution >= 4 is 0 Å². The van der Waals surface area contributed by atoms with Crippen LogP contribution in [0.1, 0.15) is 80.1 Å². The number of unbranched alkanes of at least 4 members (excludes halogenated alkanes) is 1. The van der Waals surface area contributed by atoms with Crippen LogP contribution >= 0.6 is 0 Å². The fraction of sp³-hybridized carbons (Fsp3) is 0.727. The molecule has 0 heterocycles. The molecule has 3 unspecified atom stereocenters. The number of hydrogen-bond donors (Lipinski definition) is 1. The molecule has 1 nitrogen and oxygen atoms in total. The third kappa shape index (κ3) is 6.97. The highest BCUT2D eigenvalue weighted by atomic mass is 16.3. The predicted molar refractivity (Wildman–Crippen MR) is 103 cm³/mol. The Morgan fingerprint density at radius 3 is 2.52 bits per heavy atom. The van der Waals surface area contributed by atoms with Gasteiger partial charge >= 0.3 is 0 Å². The molecular formula is C22H38O. The van der Waals surface area contributed by atoms with E-state index in [2.05, 4.69) is 65.8 Å². The minimum Gasteiger partial charge on any atom is -0.512 e. The Labute approximate surface area is 144 Å². The maximum absolute atomic E-state index is 10.6. The third-order valence-electron chi connectivity index (χ3n) is 5.13. The summed E-state index contributed by atoms with van der Waals surface area (Å²) in [6.45, 7) is 13.3. The van der Waals surface area contributed by atoms with Gasteiger partial charge in [0.25, 0.3) is 0 Å². The molecular weight excluding hydrogens is 280 g/mol. The van der Waals surface area contributed by atoms with Crippen molar-refractivity contribution in [1.82, 2.24) is 0 Å². The molecule has 3 atom stereocenters. The van der Waals surface area contributed by atoms with Gasteiger partial charge in [0.2, 0.25) is 0 Å². The Hall–Kier alpha value is -0.980. The van der Waals surface area contributed by atoms with E-state index in [4.69, 9.17) is 0 Å². The summed E-state index contributed by atoms with van der Waals surface area (Å²) < 4.78 is 0. The zero-order valence-electron chi connectivity index (χ0n) is 16.2. The summed E-state index contributed by atoms with van der Waals surface area (Å²) in [6, 6.07) is 0. The lowest BCUT2D eigenvalue weighted by molar-refractivity contribution is 0.230. The average molecular weight is 319 g/mol. The Morgan fingerprint density at radius 2 is 1.96 bits per heavy atom. The summed E-state index contributed by atoms with van der Waals surface area (Å²) in [5.41, 5.74) is 1.25. The molecule has 0 amide bonds. The van der Waals surface area contributed by atoms with E-state index >= 15 is 0 Å². The zero-order valence-corrected chi connectivity index (χ0v) is 16.2. The Bertz CT molecular complexity index is 433. The first-order valence-corrected chi connectivity index (χ1v) is 9.55. The number of rotatable bonds is 7. The second kappa shape index (κ2) is 9.35. The van der Waals surface area contributed by atoms with Gasteiger partial charge in [-0.1, -0.05) is 78.7 Å². The van der Waals surface area contributed by atoms with Crippen molar-refractivity contribution in [1.29, 1.82) is 0 Å². The SMILES string of the molecule is CCCCC1CC=CC(C/C(O)=C(\C=C\C(C)(C)C)CC)C1C. The van der Waals surface area contributed by atoms with Crippen LogP contribution in [0.15, 0.2) is 35.6 Å². The van der Waals surface area contributed by atoms with Crippen LogP contribution in [0.5, 0.6) is 0 Å². The van der Waals surface area contributed by atoms with Gasteiger partial charge in [-0.3, -0.25) is 0 Å². The molecule has 132 valence electrons. The van der Waals surface area contributed by atoms with Crippen molar-refractivity contribution in [3.8, 4) is 0 Å². The Morgan fingerprint density at radius 1 is 1.26 bits per heavy atom. The zero-order chi connectivity index (χ0) is 17.5. The lowest BCUT2D eigenvalue weighted by Gasteiger charge is -2.32. The monoisotopic (exact) mass is 318 g/mol. The average Bonchev–Trinajstić information content (AvgIpc) is 2.47. The van der Waals surface area contributed by atoms with E-state index in [0.29, 0.717) is 17.6 Å². The van der Waals surface area contributed by atoms with Crippen LogP contribution in [0.3, 0.4) is 0 Å². The van der Waals surface area contributed by atoms with Gasteiger partial charge in [-0.15, -0.1) is 0 Å². The van der Waals surface area contributed by atoms with E-state index in [1.54, 1.807) is 0 Å². The van der Waals surface area contributed by atoms with Crippen molar-refractivity contribution in [2.75, 3.05) is 0 Å². The molecule has 0 aromatic carbocycles. The summed E-state index contributed by atoms with van der Waals surface area (Å²) in [5, 5.41) is 10.6. The maximum Gasteiger partial charge on any atom is 0.0960 e. The highest BCUT2D eigenvalue weighted by molar-refractivity contribution is 5.24. The summed E-state index contributed by atoms with van der Waals surface area (Å²) in [4.78, 5) is 0. The van der Waals surface area contributed by atoms with E-state index in [9.17, 15) is 5.11 Å². The fourth-order valence-corrected chi connectivity index (χ4v) is 3.39. The van der Waals surface area contributed by atoms with Crippen molar-refractivity contribution in [2.24, 2.45) is 23.2 Å². The molecule has 1 N–H and O–H groups in total. The van der Waals surface area contributed by atoms with E-state index in [1.807, 2.05) is 0 Å². The second-order valence-electron chi connectivity index (χ2n) is 8.32. The molecule has 0 fully saturated rings. The van der Waals surface area contributed by atoms with Crippen LogP contribution in [-0.2, 0) is 0 Å². The number of aliphatic hydroxyl groups excluding tert-OH is 1. The van der Waals surface area contributed by atoms with Gasteiger partial charge in [-0.2, -0.15) is 0 Å². The minimum atomic E-state index is 0.157. The lowest BCUT2D eigenvalue weighted by atomic mass is 9.73. The van der Waals surface area contributed by atoms with Gasteiger partial charge in [0, 0.05) is 6.42 Å². The first-order chi connectivity index (χ1) is 10.8. The number of aliphatic hydroxyl groups is 1. The van der Waals surface area contributed by atoms with Gasteiger partial charge in [-0.05, 0) is 48.0 Å². The first-order valence-electron chi connectivity index (χ1n) is 9.55. The second-order valence-corrected chi connectivity index (χ2v) is 8.32. The van der Waals surface area contributed by atoms with Gasteiger partial charge in [-0.25, -0.2) is 0 Å². The maximum atomic E-state index is 10.6. The summed E-state index contributed by atoms with van der Waals surface area (Å²) in [5.74, 6) is 2.52. The van der Waals surface area contributed by atoms with Crippen molar-refractivity contribution in [2.45, 2.75) is 80.1 Å². The molecule has 0 aliphatic heterocycles. The van der Waals surface area contributed by atoms with Crippen molar-refractivity contribution in [3.05, 3.63) is 35.6 Å². The standard InChI is InChI=1S/C22H38O/c1-7-9-11-19-12-10-13-20(17(19)3)16-21(23)18(8-2)14-15-22(4,5)6/h10,13-15,17,19-20,23H,7-9,11-12,16H2,1-6H3/b15-14+,21-18+. The van der Waals surface area contributed by atoms with Crippen molar-refractivity contribution < 1.29 is 5.11 Å². The molecule has 0 radical (unpaired) electrons. The normalized spacial score (nSPS) is 26.6. The smallest absolute Gasteiger partial charge is 0.0960 e. The van der Waals surface area contributed by atoms with Gasteiger partial charge in [0.1, 0.15) is 0 Å². The molecule has 0 bridgehead atoms. The number of allylic oxidation sites excluding steroid dienone is 6. The lowest BCUT2D eigenvalue weighted by Crippen LogP contribution is -2.23. The fourth-order valence-electron chi connectivity index (χ4n) is 3.39. The molecule has 0 aromatic rings. The largest absolute Gasteiger partial charge is 0.512 e. The van der Waals surface area contributed by atoms with Crippen LogP contribution in [0.2, 0.25) is 0 Å². The highest BCUT2D eigenvalue weighted by Gasteiger charge is 2.27. The van der Waals surface area contributed by atoms with Crippen LogP contribution < -0.4 is 0 Å². The van der Waals surface area contributed by atoms with Crippen molar-refractivity contribution in [3.63, 3.8) is 0 Å². The van der Waals surface area contributed by atoms with Crippen LogP contribution in [0.4, 0.5) is 0 Å². The van der Waals surface area contributed by atoms with E-state index in [-0.39, 0.29) is 5.41 Å². The number of hydrogen-bond acceptors (Lipinski definition) is 1. The molecule has 1 heteroatoms. The van der Waals surface area contributed by atoms with Gasteiger partial charge < -0.3 is 5.11 Å². The highest BCUT2D eigenvalue weighted by Crippen LogP contribution is 2.37. The molecule has 23 heavy (non-hydrogen) atoms. The first kappa shape index (κ1) is 20.1. The predicted octanol–water partition coefficient (Wildman–Crippen LogP) is 7.22. The summed E-state index contributed by atoms with van der Waals surface area (Å²) in [7, 11) is 0. The molecule has 0 spiro atoms. The molecule has 1 aliphatic carbocycles. The molecule has 0 saturated carbocycles. The van der Waals surface area contributed by atoms with Crippen LogP contribution in [0, 0.1) is 23.2 Å². The van der Waals surface area contributed by atoms with Crippen LogP contribution in [0.25, 0.3) is 0 Å². The van der Waals surface area contributed by atoms with E-state index < -0.39 is 0 Å². The Kier molecular flexibility index (Phi) is 8.16. The van der Waals surface area contributed by atoms with E-state index in [0.717, 1.165) is 24.3 Å². The summed E-state index contributed by atoms with van der Waals surface area (Å²) >= 11 is 0. The third-order valence-corrected chi connectivity index (χ3v) is 5.13. The molecule has 0 aromatic heterocycles. The summed E-state index contributed by atoms with van der Waals surface area (Å²) in [6.07, 6.45) is 15.8. The van der Waals surface area contributed by atoms with Gasteiger partial charge in [0.15, 0.2) is 0 Å². The molecule has 1 aliphatic rings. The van der Waals surface area contributed by atoms with Crippen LogP contribution in [-0.4, -0.2) is 5.11 Å².